The summed E-state index contributed by atoms with van der Waals surface area (Å²) in [5.74, 6) is 0.857. The summed E-state index contributed by atoms with van der Waals surface area (Å²) >= 11 is 1.72. The molecule has 1 unspecified atom stereocenters. The number of aryl methyl sites for hydroxylation is 1. The van der Waals surface area contributed by atoms with Crippen LogP contribution in [0.4, 0.5) is 0 Å². The Morgan fingerprint density at radius 3 is 3.00 bits per heavy atom. The van der Waals surface area contributed by atoms with Gasteiger partial charge in [-0.15, -0.1) is 11.3 Å². The number of fused-ring (bicyclic) bond motifs is 1. The SMILES string of the molecule is CC(CN)c1cc2c(s1)CCS(=O)(=O)C2. The number of nitrogens with two attached hydrogens (primary N) is 1. The lowest BCUT2D eigenvalue weighted by atomic mass is 10.1. The van der Waals surface area contributed by atoms with Crippen molar-refractivity contribution >= 4 is 21.2 Å². The van der Waals surface area contributed by atoms with E-state index in [9.17, 15) is 8.42 Å². The molecule has 3 nitrogen and oxygen atoms in total. The van der Waals surface area contributed by atoms with Crippen molar-refractivity contribution in [1.82, 2.24) is 0 Å². The average molecular weight is 245 g/mol. The van der Waals surface area contributed by atoms with Crippen molar-refractivity contribution in [2.45, 2.75) is 25.0 Å². The molecule has 2 heterocycles. The zero-order valence-electron chi connectivity index (χ0n) is 8.69. The van der Waals surface area contributed by atoms with Crippen LogP contribution in [0.5, 0.6) is 0 Å². The van der Waals surface area contributed by atoms with E-state index in [4.69, 9.17) is 5.73 Å². The molecular weight excluding hydrogens is 230 g/mol. The highest BCUT2D eigenvalue weighted by Gasteiger charge is 2.24. The Bertz CT molecular complexity index is 462. The summed E-state index contributed by atoms with van der Waals surface area (Å²) < 4.78 is 22.9. The van der Waals surface area contributed by atoms with E-state index in [2.05, 4.69) is 6.92 Å². The van der Waals surface area contributed by atoms with E-state index in [0.29, 0.717) is 24.6 Å². The molecule has 1 aromatic rings. The van der Waals surface area contributed by atoms with Crippen molar-refractivity contribution in [2.24, 2.45) is 5.73 Å². The Hall–Kier alpha value is -0.390. The molecule has 1 atom stereocenters. The lowest BCUT2D eigenvalue weighted by Crippen LogP contribution is -2.16. The Labute approximate surface area is 94.2 Å². The summed E-state index contributed by atoms with van der Waals surface area (Å²) in [6.45, 7) is 2.69. The Kier molecular flexibility index (Phi) is 2.87. The van der Waals surface area contributed by atoms with Gasteiger partial charge in [0.25, 0.3) is 0 Å². The molecule has 0 radical (unpaired) electrons. The van der Waals surface area contributed by atoms with Crippen LogP contribution in [-0.2, 0) is 22.0 Å². The summed E-state index contributed by atoms with van der Waals surface area (Å²) in [6.07, 6.45) is 0.680. The van der Waals surface area contributed by atoms with Gasteiger partial charge in [0.2, 0.25) is 0 Å². The number of hydrogen-bond donors (Lipinski definition) is 1. The quantitative estimate of drug-likeness (QED) is 0.854. The van der Waals surface area contributed by atoms with Crippen LogP contribution in [0.15, 0.2) is 6.07 Å². The van der Waals surface area contributed by atoms with Crippen molar-refractivity contribution in [2.75, 3.05) is 12.3 Å². The van der Waals surface area contributed by atoms with Crippen LogP contribution in [0.3, 0.4) is 0 Å². The van der Waals surface area contributed by atoms with E-state index in [1.165, 1.54) is 9.75 Å². The van der Waals surface area contributed by atoms with Gasteiger partial charge in [-0.25, -0.2) is 8.42 Å². The highest BCUT2D eigenvalue weighted by molar-refractivity contribution is 7.90. The van der Waals surface area contributed by atoms with Crippen molar-refractivity contribution in [1.29, 1.82) is 0 Å². The number of rotatable bonds is 2. The fraction of sp³-hybridized carbons (Fsp3) is 0.600. The first-order chi connectivity index (χ1) is 7.02. The lowest BCUT2D eigenvalue weighted by Gasteiger charge is -2.10. The number of hydrogen-bond acceptors (Lipinski definition) is 4. The maximum atomic E-state index is 11.4. The minimum absolute atomic E-state index is 0.218. The maximum absolute atomic E-state index is 11.4. The molecule has 84 valence electrons. The van der Waals surface area contributed by atoms with Gasteiger partial charge in [0.15, 0.2) is 9.84 Å². The van der Waals surface area contributed by atoms with E-state index >= 15 is 0 Å². The summed E-state index contributed by atoms with van der Waals surface area (Å²) in [7, 11) is -2.84. The van der Waals surface area contributed by atoms with Crippen LogP contribution < -0.4 is 5.73 Å². The normalized spacial score (nSPS) is 20.9. The molecule has 0 amide bonds. The van der Waals surface area contributed by atoms with Crippen LogP contribution in [0.2, 0.25) is 0 Å². The van der Waals surface area contributed by atoms with E-state index < -0.39 is 9.84 Å². The molecule has 0 fully saturated rings. The largest absolute Gasteiger partial charge is 0.330 e. The van der Waals surface area contributed by atoms with Crippen molar-refractivity contribution < 1.29 is 8.42 Å². The van der Waals surface area contributed by atoms with Gasteiger partial charge in [0.1, 0.15) is 0 Å². The molecule has 0 aromatic carbocycles. The smallest absolute Gasteiger partial charge is 0.154 e. The summed E-state index contributed by atoms with van der Waals surface area (Å²) in [6, 6.07) is 2.02. The highest BCUT2D eigenvalue weighted by Crippen LogP contribution is 2.32. The van der Waals surface area contributed by atoms with E-state index in [1.54, 1.807) is 11.3 Å². The summed E-state index contributed by atoms with van der Waals surface area (Å²) in [5, 5.41) is 0. The molecular formula is C10H15NO2S2. The Morgan fingerprint density at radius 1 is 1.60 bits per heavy atom. The molecule has 0 saturated carbocycles. The average Bonchev–Trinajstić information content (AvgIpc) is 2.57. The molecule has 15 heavy (non-hydrogen) atoms. The lowest BCUT2D eigenvalue weighted by molar-refractivity contribution is 0.592. The van der Waals surface area contributed by atoms with Gasteiger partial charge in [-0.2, -0.15) is 0 Å². The highest BCUT2D eigenvalue weighted by atomic mass is 32.2. The molecule has 0 saturated heterocycles. The van der Waals surface area contributed by atoms with Gasteiger partial charge in [0.05, 0.1) is 11.5 Å². The first-order valence-corrected chi connectivity index (χ1v) is 7.67. The third-order valence-electron chi connectivity index (χ3n) is 2.77. The predicted octanol–water partition coefficient (Wildman–Crippen LogP) is 1.28. The molecule has 0 spiro atoms. The van der Waals surface area contributed by atoms with Crippen LogP contribution in [0.25, 0.3) is 0 Å². The third-order valence-corrected chi connectivity index (χ3v) is 5.82. The van der Waals surface area contributed by atoms with Crippen molar-refractivity contribution in [3.05, 3.63) is 21.4 Å². The van der Waals surface area contributed by atoms with E-state index in [1.807, 2.05) is 6.07 Å². The fourth-order valence-electron chi connectivity index (χ4n) is 1.74. The molecule has 0 bridgehead atoms. The van der Waals surface area contributed by atoms with E-state index in [-0.39, 0.29) is 5.75 Å². The second kappa shape index (κ2) is 3.88. The third kappa shape index (κ3) is 2.24. The second-order valence-electron chi connectivity index (χ2n) is 4.08. The molecule has 1 aromatic heterocycles. The number of sulfone groups is 1. The summed E-state index contributed by atoms with van der Waals surface area (Å²) in [4.78, 5) is 2.46. The second-order valence-corrected chi connectivity index (χ2v) is 7.43. The van der Waals surface area contributed by atoms with Gasteiger partial charge < -0.3 is 5.73 Å². The van der Waals surface area contributed by atoms with Crippen molar-refractivity contribution in [3.63, 3.8) is 0 Å². The van der Waals surface area contributed by atoms with Crippen LogP contribution >= 0.6 is 11.3 Å². The Morgan fingerprint density at radius 2 is 2.33 bits per heavy atom. The predicted molar refractivity (Wildman–Crippen MR) is 63.0 cm³/mol. The van der Waals surface area contributed by atoms with E-state index in [0.717, 1.165) is 5.56 Å². The van der Waals surface area contributed by atoms with Gasteiger partial charge in [-0.05, 0) is 24.6 Å². The topological polar surface area (TPSA) is 60.2 Å². The monoisotopic (exact) mass is 245 g/mol. The summed E-state index contributed by atoms with van der Waals surface area (Å²) in [5.41, 5.74) is 6.61. The van der Waals surface area contributed by atoms with Gasteiger partial charge in [-0.3, -0.25) is 0 Å². The number of thiophene rings is 1. The van der Waals surface area contributed by atoms with Gasteiger partial charge in [0, 0.05) is 15.7 Å². The molecule has 2 N–H and O–H groups in total. The molecule has 1 aliphatic rings. The van der Waals surface area contributed by atoms with Gasteiger partial charge in [-0.1, -0.05) is 6.92 Å². The minimum Gasteiger partial charge on any atom is -0.330 e. The standard InChI is InChI=1S/C10H15NO2S2/c1-7(5-11)10-4-8-6-15(12,13)3-2-9(8)14-10/h4,7H,2-3,5-6,11H2,1H3. The van der Waals surface area contributed by atoms with Gasteiger partial charge >= 0.3 is 0 Å². The van der Waals surface area contributed by atoms with Crippen LogP contribution in [-0.4, -0.2) is 20.7 Å². The molecule has 5 heteroatoms. The zero-order chi connectivity index (χ0) is 11.1. The molecule has 2 rings (SSSR count). The van der Waals surface area contributed by atoms with Crippen LogP contribution in [0.1, 0.15) is 28.2 Å². The Balaban J connectivity index is 2.33. The zero-order valence-corrected chi connectivity index (χ0v) is 10.3. The molecule has 1 aliphatic heterocycles. The first-order valence-electron chi connectivity index (χ1n) is 5.04. The first kappa shape index (κ1) is 11.1. The van der Waals surface area contributed by atoms with Crippen LogP contribution in [0, 0.1) is 0 Å². The maximum Gasteiger partial charge on any atom is 0.154 e. The van der Waals surface area contributed by atoms with Crippen molar-refractivity contribution in [3.8, 4) is 0 Å². The minimum atomic E-state index is -2.84. The fourth-order valence-corrected chi connectivity index (χ4v) is 4.60. The molecule has 0 aliphatic carbocycles.